The molecule has 3 unspecified atom stereocenters. The molecule has 1 heterocycles. The molecule has 0 spiro atoms. The van der Waals surface area contributed by atoms with E-state index in [2.05, 4.69) is 22.5 Å². The van der Waals surface area contributed by atoms with Gasteiger partial charge in [0.15, 0.2) is 17.5 Å². The van der Waals surface area contributed by atoms with Crippen LogP contribution in [0.15, 0.2) is 35.3 Å². The Morgan fingerprint density at radius 1 is 1.17 bits per heavy atom. The Morgan fingerprint density at radius 3 is 2.79 bits per heavy atom. The van der Waals surface area contributed by atoms with E-state index in [-0.39, 0.29) is 0 Å². The average molecular weight is 327 g/mol. The molecule has 3 aliphatic carbocycles. The van der Waals surface area contributed by atoms with Gasteiger partial charge < -0.3 is 20.5 Å². The molecule has 1 aromatic rings. The van der Waals surface area contributed by atoms with Crippen molar-refractivity contribution >= 4 is 11.6 Å². The lowest BCUT2D eigenvalue weighted by molar-refractivity contribution is 0.227. The normalized spacial score (nSPS) is 28.5. The minimum Gasteiger partial charge on any atom is -0.490 e. The Hall–Kier alpha value is -2.17. The van der Waals surface area contributed by atoms with Crippen LogP contribution in [0.4, 0.5) is 5.69 Å². The molecule has 1 saturated carbocycles. The zero-order valence-electron chi connectivity index (χ0n) is 13.9. The van der Waals surface area contributed by atoms with Gasteiger partial charge in [0.25, 0.3) is 0 Å². The van der Waals surface area contributed by atoms with Gasteiger partial charge in [-0.15, -0.1) is 0 Å². The van der Waals surface area contributed by atoms with Gasteiger partial charge in [0, 0.05) is 24.7 Å². The maximum Gasteiger partial charge on any atom is 0.193 e. The van der Waals surface area contributed by atoms with Crippen LogP contribution in [0.3, 0.4) is 0 Å². The fourth-order valence-electron chi connectivity index (χ4n) is 3.91. The molecule has 0 aromatic heterocycles. The summed E-state index contributed by atoms with van der Waals surface area (Å²) in [4.78, 5) is 4.57. The van der Waals surface area contributed by atoms with Gasteiger partial charge >= 0.3 is 0 Å². The molecule has 1 fully saturated rings. The first-order chi connectivity index (χ1) is 11.8. The van der Waals surface area contributed by atoms with Gasteiger partial charge in [-0.25, -0.2) is 0 Å². The van der Waals surface area contributed by atoms with E-state index in [1.807, 2.05) is 18.2 Å². The highest BCUT2D eigenvalue weighted by Crippen LogP contribution is 2.40. The second-order valence-corrected chi connectivity index (χ2v) is 6.94. The Morgan fingerprint density at radius 2 is 2.04 bits per heavy atom. The maximum absolute atomic E-state index is 6.08. The van der Waals surface area contributed by atoms with Gasteiger partial charge in [-0.1, -0.05) is 12.2 Å². The molecular formula is C19H25N3O2. The number of ether oxygens (including phenoxy) is 2. The van der Waals surface area contributed by atoms with Crippen LogP contribution in [0.1, 0.15) is 25.7 Å². The fraction of sp³-hybridized carbons (Fsp3) is 0.526. The molecule has 0 radical (unpaired) electrons. The molecule has 24 heavy (non-hydrogen) atoms. The summed E-state index contributed by atoms with van der Waals surface area (Å²) in [5.41, 5.74) is 6.96. The zero-order chi connectivity index (χ0) is 16.4. The number of hydrogen-bond acceptors (Lipinski definition) is 3. The summed E-state index contributed by atoms with van der Waals surface area (Å²) in [6, 6.07) is 5.79. The van der Waals surface area contributed by atoms with Crippen molar-refractivity contribution in [2.75, 3.05) is 25.1 Å². The fourth-order valence-corrected chi connectivity index (χ4v) is 3.91. The third-order valence-electron chi connectivity index (χ3n) is 5.23. The second kappa shape index (κ2) is 6.75. The van der Waals surface area contributed by atoms with Crippen LogP contribution in [-0.2, 0) is 0 Å². The van der Waals surface area contributed by atoms with Crippen molar-refractivity contribution in [1.29, 1.82) is 0 Å². The standard InChI is InChI=1S/C19H25N3O2/c20-19(21-12-15-10-13-2-4-14(15)5-3-13)22-16-6-7-17-18(11-16)24-9-1-8-23-17/h2,4,6-7,11,13-15H,1,3,5,8-10,12H2,(H3,20,21,22). The van der Waals surface area contributed by atoms with Crippen LogP contribution >= 0.6 is 0 Å². The first kappa shape index (κ1) is 15.4. The molecule has 4 aliphatic rings. The number of rotatable bonds is 3. The van der Waals surface area contributed by atoms with Gasteiger partial charge in [0.2, 0.25) is 0 Å². The molecule has 5 rings (SSSR count). The van der Waals surface area contributed by atoms with E-state index in [1.165, 1.54) is 19.3 Å². The Kier molecular flexibility index (Phi) is 4.32. The SMILES string of the molecule is NC(=NCC1CC2C=CC1CC2)Nc1ccc2c(c1)OCCCO2. The van der Waals surface area contributed by atoms with Crippen molar-refractivity contribution < 1.29 is 9.47 Å². The zero-order valence-corrected chi connectivity index (χ0v) is 13.9. The second-order valence-electron chi connectivity index (χ2n) is 6.94. The van der Waals surface area contributed by atoms with Crippen molar-refractivity contribution in [3.05, 3.63) is 30.4 Å². The molecule has 1 aliphatic heterocycles. The van der Waals surface area contributed by atoms with E-state index in [0.717, 1.165) is 36.1 Å². The summed E-state index contributed by atoms with van der Waals surface area (Å²) in [5.74, 6) is 4.10. The predicted octanol–water partition coefficient (Wildman–Crippen LogP) is 3.18. The van der Waals surface area contributed by atoms with E-state index in [0.29, 0.717) is 31.0 Å². The van der Waals surface area contributed by atoms with Crippen LogP contribution < -0.4 is 20.5 Å². The number of nitrogens with two attached hydrogens (primary N) is 1. The number of fused-ring (bicyclic) bond motifs is 3. The lowest BCUT2D eigenvalue weighted by Gasteiger charge is -2.37. The number of nitrogens with zero attached hydrogens (tertiary/aromatic N) is 1. The highest BCUT2D eigenvalue weighted by molar-refractivity contribution is 5.92. The number of anilines is 1. The summed E-state index contributed by atoms with van der Waals surface area (Å²) < 4.78 is 11.3. The monoisotopic (exact) mass is 327 g/mol. The summed E-state index contributed by atoms with van der Waals surface area (Å²) >= 11 is 0. The quantitative estimate of drug-likeness (QED) is 0.508. The Bertz CT molecular complexity index is 656. The van der Waals surface area contributed by atoms with Crippen LogP contribution in [0.2, 0.25) is 0 Å². The summed E-state index contributed by atoms with van der Waals surface area (Å²) in [6.45, 7) is 2.17. The first-order valence-corrected chi connectivity index (χ1v) is 8.93. The average Bonchev–Trinajstić information content (AvgIpc) is 2.86. The van der Waals surface area contributed by atoms with Gasteiger partial charge in [0.1, 0.15) is 0 Å². The first-order valence-electron chi connectivity index (χ1n) is 8.93. The number of hydrogen-bond donors (Lipinski definition) is 2. The molecule has 3 atom stereocenters. The van der Waals surface area contributed by atoms with E-state index in [9.17, 15) is 0 Å². The molecule has 2 bridgehead atoms. The minimum absolute atomic E-state index is 0.468. The largest absolute Gasteiger partial charge is 0.490 e. The number of nitrogens with one attached hydrogen (secondary N) is 1. The molecule has 0 saturated heterocycles. The Balaban J connectivity index is 1.38. The van der Waals surface area contributed by atoms with E-state index in [4.69, 9.17) is 15.2 Å². The number of guanidine groups is 1. The van der Waals surface area contributed by atoms with Gasteiger partial charge in [-0.05, 0) is 49.1 Å². The third kappa shape index (κ3) is 3.35. The van der Waals surface area contributed by atoms with Gasteiger partial charge in [-0.2, -0.15) is 0 Å². The number of aliphatic imine (C=N–C) groups is 1. The maximum atomic E-state index is 6.08. The van der Waals surface area contributed by atoms with Crippen molar-refractivity contribution in [3.8, 4) is 11.5 Å². The highest BCUT2D eigenvalue weighted by Gasteiger charge is 2.31. The minimum atomic E-state index is 0.468. The summed E-state index contributed by atoms with van der Waals surface area (Å²) in [6.07, 6.45) is 9.56. The molecule has 5 heteroatoms. The lowest BCUT2D eigenvalue weighted by atomic mass is 9.69. The lowest BCUT2D eigenvalue weighted by Crippen LogP contribution is -2.31. The predicted molar refractivity (Wildman–Crippen MR) is 95.6 cm³/mol. The third-order valence-corrected chi connectivity index (χ3v) is 5.23. The summed E-state index contributed by atoms with van der Waals surface area (Å²) in [5, 5.41) is 3.17. The van der Waals surface area contributed by atoms with E-state index in [1.54, 1.807) is 0 Å². The number of allylic oxidation sites excluding steroid dienone is 2. The van der Waals surface area contributed by atoms with Crippen LogP contribution in [-0.4, -0.2) is 25.7 Å². The van der Waals surface area contributed by atoms with Gasteiger partial charge in [0.05, 0.1) is 13.2 Å². The molecule has 1 aromatic carbocycles. The Labute approximate surface area is 142 Å². The number of benzene rings is 1. The molecule has 128 valence electrons. The molecule has 3 N–H and O–H groups in total. The molecular weight excluding hydrogens is 302 g/mol. The molecule has 0 amide bonds. The van der Waals surface area contributed by atoms with Crippen molar-refractivity contribution in [1.82, 2.24) is 0 Å². The van der Waals surface area contributed by atoms with Gasteiger partial charge in [-0.3, -0.25) is 4.99 Å². The molecule has 5 nitrogen and oxygen atoms in total. The van der Waals surface area contributed by atoms with Crippen LogP contribution in [0, 0.1) is 17.8 Å². The smallest absolute Gasteiger partial charge is 0.193 e. The summed E-state index contributed by atoms with van der Waals surface area (Å²) in [7, 11) is 0. The van der Waals surface area contributed by atoms with Crippen LogP contribution in [0.5, 0.6) is 11.5 Å². The topological polar surface area (TPSA) is 68.9 Å². The van der Waals surface area contributed by atoms with Crippen LogP contribution in [0.25, 0.3) is 0 Å². The van der Waals surface area contributed by atoms with Crippen molar-refractivity contribution in [2.45, 2.75) is 25.7 Å². The highest BCUT2D eigenvalue weighted by atomic mass is 16.5. The van der Waals surface area contributed by atoms with Crippen molar-refractivity contribution in [3.63, 3.8) is 0 Å². The van der Waals surface area contributed by atoms with E-state index < -0.39 is 0 Å². The van der Waals surface area contributed by atoms with E-state index >= 15 is 0 Å². The van der Waals surface area contributed by atoms with Crippen molar-refractivity contribution in [2.24, 2.45) is 28.5 Å².